The van der Waals surface area contributed by atoms with E-state index >= 15 is 0 Å². The van der Waals surface area contributed by atoms with Gasteiger partial charge in [-0.05, 0) is 31.9 Å². The lowest BCUT2D eigenvalue weighted by molar-refractivity contribution is -0.133. The van der Waals surface area contributed by atoms with Gasteiger partial charge in [0.25, 0.3) is 0 Å². The second-order valence-corrected chi connectivity index (χ2v) is 6.28. The second kappa shape index (κ2) is 6.07. The minimum absolute atomic E-state index is 0.131. The number of nitrogens with zero attached hydrogens (tertiary/aromatic N) is 6. The Bertz CT molecular complexity index is 845. The van der Waals surface area contributed by atoms with E-state index in [0.29, 0.717) is 12.5 Å². The predicted molar refractivity (Wildman–Crippen MR) is 88.5 cm³/mol. The van der Waals surface area contributed by atoms with E-state index < -0.39 is 0 Å². The lowest BCUT2D eigenvalue weighted by Crippen LogP contribution is -2.40. The van der Waals surface area contributed by atoms with Crippen LogP contribution in [0.5, 0.6) is 0 Å². The summed E-state index contributed by atoms with van der Waals surface area (Å²) in [6.07, 6.45) is 7.26. The van der Waals surface area contributed by atoms with Crippen molar-refractivity contribution in [2.45, 2.75) is 32.2 Å². The Morgan fingerprint density at radius 3 is 2.88 bits per heavy atom. The average Bonchev–Trinajstić information content (AvgIpc) is 3.23. The van der Waals surface area contributed by atoms with Crippen LogP contribution in [0.25, 0.3) is 5.65 Å². The molecule has 0 atom stereocenters. The number of carbonyl (C=O) groups excluding carboxylic acids is 1. The molecule has 0 aromatic carbocycles. The molecule has 7 heteroatoms. The molecular weight excluding hydrogens is 304 g/mol. The van der Waals surface area contributed by atoms with Crippen molar-refractivity contribution in [2.75, 3.05) is 13.1 Å². The Balaban J connectivity index is 1.44. The minimum Gasteiger partial charge on any atom is -0.341 e. The van der Waals surface area contributed by atoms with Crippen molar-refractivity contribution in [3.63, 3.8) is 0 Å². The summed E-state index contributed by atoms with van der Waals surface area (Å²) in [7, 11) is 0. The molecule has 4 rings (SSSR count). The van der Waals surface area contributed by atoms with Gasteiger partial charge in [-0.25, -0.2) is 9.50 Å². The van der Waals surface area contributed by atoms with Crippen LogP contribution >= 0.6 is 0 Å². The average molecular weight is 324 g/mol. The zero-order valence-corrected chi connectivity index (χ0v) is 13.7. The van der Waals surface area contributed by atoms with E-state index in [9.17, 15) is 4.79 Å². The number of fused-ring (bicyclic) bond motifs is 1. The maximum Gasteiger partial charge on any atom is 0.244 e. The third-order valence-electron chi connectivity index (χ3n) is 4.63. The molecule has 0 unspecified atom stereocenters. The number of hydrogen-bond donors (Lipinski definition) is 0. The molecule has 1 amide bonds. The Labute approximate surface area is 139 Å². The molecule has 1 saturated heterocycles. The van der Waals surface area contributed by atoms with Crippen molar-refractivity contribution in [1.82, 2.24) is 29.3 Å². The van der Waals surface area contributed by atoms with Gasteiger partial charge < -0.3 is 4.90 Å². The van der Waals surface area contributed by atoms with Crippen LogP contribution in [0.2, 0.25) is 0 Å². The first kappa shape index (κ1) is 14.9. The van der Waals surface area contributed by atoms with Gasteiger partial charge in [-0.15, -0.1) is 0 Å². The van der Waals surface area contributed by atoms with Crippen molar-refractivity contribution in [1.29, 1.82) is 0 Å². The first-order valence-corrected chi connectivity index (χ1v) is 8.27. The van der Waals surface area contributed by atoms with Gasteiger partial charge >= 0.3 is 0 Å². The number of carbonyl (C=O) groups is 1. The highest BCUT2D eigenvalue weighted by atomic mass is 16.2. The minimum atomic E-state index is 0.131. The van der Waals surface area contributed by atoms with E-state index in [2.05, 4.69) is 15.2 Å². The van der Waals surface area contributed by atoms with Crippen LogP contribution in [0.15, 0.2) is 36.8 Å². The van der Waals surface area contributed by atoms with Crippen LogP contribution in [0.1, 0.15) is 30.1 Å². The molecule has 3 aromatic rings. The summed E-state index contributed by atoms with van der Waals surface area (Å²) >= 11 is 0. The summed E-state index contributed by atoms with van der Waals surface area (Å²) < 4.78 is 3.62. The van der Waals surface area contributed by atoms with Crippen molar-refractivity contribution in [2.24, 2.45) is 0 Å². The van der Waals surface area contributed by atoms with Crippen LogP contribution in [0.4, 0.5) is 0 Å². The Kier molecular flexibility index (Phi) is 3.76. The molecule has 24 heavy (non-hydrogen) atoms. The number of aryl methyl sites for hydroxylation is 1. The number of amides is 1. The Morgan fingerprint density at radius 2 is 2.12 bits per heavy atom. The van der Waals surface area contributed by atoms with Gasteiger partial charge in [0.1, 0.15) is 6.54 Å². The van der Waals surface area contributed by atoms with Crippen LogP contribution in [-0.2, 0) is 11.3 Å². The molecule has 0 radical (unpaired) electrons. The van der Waals surface area contributed by atoms with Crippen molar-refractivity contribution < 1.29 is 4.79 Å². The molecule has 0 saturated carbocycles. The predicted octanol–water partition coefficient (Wildman–Crippen LogP) is 1.64. The summed E-state index contributed by atoms with van der Waals surface area (Å²) in [4.78, 5) is 18.7. The SMILES string of the molecule is Cc1cc2nccc(C3CCN(C(=O)Cn4cccn4)CC3)n2n1. The molecule has 7 nitrogen and oxygen atoms in total. The molecule has 0 aliphatic carbocycles. The van der Waals surface area contributed by atoms with E-state index in [1.165, 1.54) is 5.69 Å². The molecular formula is C17H20N6O. The van der Waals surface area contributed by atoms with E-state index in [-0.39, 0.29) is 5.91 Å². The van der Waals surface area contributed by atoms with E-state index in [0.717, 1.165) is 37.3 Å². The molecule has 3 aromatic heterocycles. The quantitative estimate of drug-likeness (QED) is 0.734. The van der Waals surface area contributed by atoms with Gasteiger partial charge in [0.2, 0.25) is 5.91 Å². The van der Waals surface area contributed by atoms with Crippen molar-refractivity contribution in [3.05, 3.63) is 48.2 Å². The smallest absolute Gasteiger partial charge is 0.244 e. The van der Waals surface area contributed by atoms with E-state index in [4.69, 9.17) is 0 Å². The molecule has 1 fully saturated rings. The van der Waals surface area contributed by atoms with Gasteiger partial charge in [-0.2, -0.15) is 10.2 Å². The summed E-state index contributed by atoms with van der Waals surface area (Å²) in [6, 6.07) is 5.87. The number of aromatic nitrogens is 5. The summed E-state index contributed by atoms with van der Waals surface area (Å²) in [5, 5.41) is 8.66. The van der Waals surface area contributed by atoms with Gasteiger partial charge in [0, 0.05) is 49.4 Å². The largest absolute Gasteiger partial charge is 0.341 e. The van der Waals surface area contributed by atoms with Gasteiger partial charge in [-0.3, -0.25) is 9.48 Å². The lowest BCUT2D eigenvalue weighted by Gasteiger charge is -2.32. The summed E-state index contributed by atoms with van der Waals surface area (Å²) in [6.45, 7) is 3.84. The second-order valence-electron chi connectivity index (χ2n) is 6.28. The fourth-order valence-corrected chi connectivity index (χ4v) is 3.39. The fourth-order valence-electron chi connectivity index (χ4n) is 3.39. The molecule has 4 heterocycles. The third-order valence-corrected chi connectivity index (χ3v) is 4.63. The zero-order valence-electron chi connectivity index (χ0n) is 13.7. The van der Waals surface area contributed by atoms with E-state index in [1.54, 1.807) is 10.9 Å². The van der Waals surface area contributed by atoms with Crippen LogP contribution < -0.4 is 0 Å². The molecule has 1 aliphatic heterocycles. The number of hydrogen-bond acceptors (Lipinski definition) is 4. The third kappa shape index (κ3) is 2.77. The van der Waals surface area contributed by atoms with E-state index in [1.807, 2.05) is 46.9 Å². The highest BCUT2D eigenvalue weighted by molar-refractivity contribution is 5.76. The molecule has 0 N–H and O–H groups in total. The first-order valence-electron chi connectivity index (χ1n) is 8.27. The van der Waals surface area contributed by atoms with Gasteiger partial charge in [0.15, 0.2) is 5.65 Å². The van der Waals surface area contributed by atoms with Crippen molar-refractivity contribution >= 4 is 11.6 Å². The molecule has 0 spiro atoms. The maximum absolute atomic E-state index is 12.4. The van der Waals surface area contributed by atoms with Crippen LogP contribution in [0.3, 0.4) is 0 Å². The molecule has 124 valence electrons. The van der Waals surface area contributed by atoms with Crippen LogP contribution in [0, 0.1) is 6.92 Å². The number of likely N-dealkylation sites (tertiary alicyclic amines) is 1. The van der Waals surface area contributed by atoms with Gasteiger partial charge in [-0.1, -0.05) is 0 Å². The Morgan fingerprint density at radius 1 is 1.29 bits per heavy atom. The Hall–Kier alpha value is -2.70. The topological polar surface area (TPSA) is 68.3 Å². The van der Waals surface area contributed by atoms with Crippen LogP contribution in [-0.4, -0.2) is 48.3 Å². The lowest BCUT2D eigenvalue weighted by atomic mass is 9.93. The van der Waals surface area contributed by atoms with Gasteiger partial charge in [0.05, 0.1) is 5.69 Å². The highest BCUT2D eigenvalue weighted by Crippen LogP contribution is 2.28. The number of rotatable bonds is 3. The normalized spacial score (nSPS) is 16.0. The standard InChI is InChI=1S/C17H20N6O/c1-13-11-16-18-7-3-15(23(16)20-13)14-4-9-21(10-5-14)17(24)12-22-8-2-6-19-22/h2-3,6-8,11,14H,4-5,9-10,12H2,1H3. The highest BCUT2D eigenvalue weighted by Gasteiger charge is 2.25. The van der Waals surface area contributed by atoms with Crippen molar-refractivity contribution in [3.8, 4) is 0 Å². The molecule has 1 aliphatic rings. The first-order chi connectivity index (χ1) is 11.7. The zero-order chi connectivity index (χ0) is 16.5. The fraction of sp³-hybridized carbons (Fsp3) is 0.412. The summed E-state index contributed by atoms with van der Waals surface area (Å²) in [5.74, 6) is 0.538. The maximum atomic E-state index is 12.4. The number of piperidine rings is 1. The summed E-state index contributed by atoms with van der Waals surface area (Å²) in [5.41, 5.74) is 3.05. The molecule has 0 bridgehead atoms. The monoisotopic (exact) mass is 324 g/mol.